The molecule has 12 heavy (non-hydrogen) atoms. The fourth-order valence-electron chi connectivity index (χ4n) is 1.70. The molecule has 0 aliphatic carbocycles. The van der Waals surface area contributed by atoms with Crippen molar-refractivity contribution in [2.75, 3.05) is 7.11 Å². The Labute approximate surface area is 76.8 Å². The van der Waals surface area contributed by atoms with Crippen LogP contribution in [0.5, 0.6) is 0 Å². The lowest BCUT2D eigenvalue weighted by Crippen LogP contribution is -2.36. The Morgan fingerprint density at radius 1 is 1.50 bits per heavy atom. The fraction of sp³-hybridized carbons (Fsp3) is 0.818. The van der Waals surface area contributed by atoms with E-state index in [0.29, 0.717) is 5.92 Å². The van der Waals surface area contributed by atoms with Gasteiger partial charge in [0.05, 0.1) is 5.60 Å². The minimum atomic E-state index is 0.0637. The normalized spacial score (nSPS) is 16.1. The Bertz CT molecular complexity index is 123. The molecule has 0 radical (unpaired) electrons. The molecule has 0 spiro atoms. The molecule has 0 aromatic heterocycles. The van der Waals surface area contributed by atoms with Crippen LogP contribution in [0, 0.1) is 5.92 Å². The van der Waals surface area contributed by atoms with Crippen LogP contribution in [-0.2, 0) is 4.74 Å². The van der Waals surface area contributed by atoms with E-state index in [1.165, 1.54) is 0 Å². The lowest BCUT2D eigenvalue weighted by atomic mass is 9.83. The second-order valence-electron chi connectivity index (χ2n) is 3.60. The van der Waals surface area contributed by atoms with Crippen LogP contribution < -0.4 is 0 Å². The largest absolute Gasteiger partial charge is 0.378 e. The maximum absolute atomic E-state index is 5.60. The van der Waals surface area contributed by atoms with Crippen LogP contribution in [0.15, 0.2) is 12.7 Å². The Morgan fingerprint density at radius 2 is 2.08 bits per heavy atom. The van der Waals surface area contributed by atoms with Gasteiger partial charge in [-0.25, -0.2) is 0 Å². The molecule has 1 heteroatoms. The van der Waals surface area contributed by atoms with Crippen molar-refractivity contribution < 1.29 is 4.74 Å². The van der Waals surface area contributed by atoms with Crippen molar-refractivity contribution in [1.82, 2.24) is 0 Å². The van der Waals surface area contributed by atoms with Crippen molar-refractivity contribution in [3.63, 3.8) is 0 Å². The lowest BCUT2D eigenvalue weighted by Gasteiger charge is -2.35. The molecule has 0 rings (SSSR count). The van der Waals surface area contributed by atoms with Gasteiger partial charge in [0.1, 0.15) is 0 Å². The van der Waals surface area contributed by atoms with Crippen molar-refractivity contribution in [1.29, 1.82) is 0 Å². The summed E-state index contributed by atoms with van der Waals surface area (Å²) in [4.78, 5) is 0. The lowest BCUT2D eigenvalue weighted by molar-refractivity contribution is -0.0565. The molecular formula is C11H22O. The highest BCUT2D eigenvalue weighted by molar-refractivity contribution is 4.85. The molecule has 0 saturated carbocycles. The molecule has 72 valence electrons. The third-order valence-electron chi connectivity index (χ3n) is 2.83. The summed E-state index contributed by atoms with van der Waals surface area (Å²) in [5.74, 6) is 0.576. The molecule has 0 bridgehead atoms. The first-order chi connectivity index (χ1) is 5.63. The van der Waals surface area contributed by atoms with Gasteiger partial charge in [0.15, 0.2) is 0 Å². The Kier molecular flexibility index (Phi) is 5.23. The second kappa shape index (κ2) is 5.36. The molecule has 0 N–H and O–H groups in total. The summed E-state index contributed by atoms with van der Waals surface area (Å²) in [5, 5.41) is 0. The van der Waals surface area contributed by atoms with Crippen LogP contribution in [0.2, 0.25) is 0 Å². The minimum absolute atomic E-state index is 0.0637. The quantitative estimate of drug-likeness (QED) is 0.555. The van der Waals surface area contributed by atoms with Gasteiger partial charge < -0.3 is 4.74 Å². The van der Waals surface area contributed by atoms with Gasteiger partial charge in [0.2, 0.25) is 0 Å². The number of hydrogen-bond donors (Lipinski definition) is 0. The van der Waals surface area contributed by atoms with Crippen molar-refractivity contribution in [3.05, 3.63) is 12.7 Å². The monoisotopic (exact) mass is 170 g/mol. The topological polar surface area (TPSA) is 9.23 Å². The van der Waals surface area contributed by atoms with Crippen LogP contribution >= 0.6 is 0 Å². The first kappa shape index (κ1) is 11.7. The summed E-state index contributed by atoms with van der Waals surface area (Å²) in [6.07, 6.45) is 5.17. The van der Waals surface area contributed by atoms with E-state index in [0.717, 1.165) is 19.3 Å². The van der Waals surface area contributed by atoms with E-state index in [1.54, 1.807) is 0 Å². The van der Waals surface area contributed by atoms with E-state index in [9.17, 15) is 0 Å². The van der Waals surface area contributed by atoms with E-state index < -0.39 is 0 Å². The molecule has 1 atom stereocenters. The summed E-state index contributed by atoms with van der Waals surface area (Å²) in [7, 11) is 1.81. The van der Waals surface area contributed by atoms with Crippen LogP contribution in [-0.4, -0.2) is 12.7 Å². The maximum Gasteiger partial charge on any atom is 0.0701 e. The van der Waals surface area contributed by atoms with Crippen LogP contribution in [0.3, 0.4) is 0 Å². The highest BCUT2D eigenvalue weighted by Crippen LogP contribution is 2.30. The molecule has 0 aromatic rings. The van der Waals surface area contributed by atoms with E-state index in [1.807, 2.05) is 13.2 Å². The number of ether oxygens (including phenoxy) is 1. The molecule has 1 nitrogen and oxygen atoms in total. The minimum Gasteiger partial charge on any atom is -0.378 e. The van der Waals surface area contributed by atoms with Crippen molar-refractivity contribution in [3.8, 4) is 0 Å². The average molecular weight is 170 g/mol. The average Bonchev–Trinajstić information content (AvgIpc) is 2.07. The zero-order valence-electron chi connectivity index (χ0n) is 8.89. The molecule has 0 aliphatic heterocycles. The van der Waals surface area contributed by atoms with E-state index in [-0.39, 0.29) is 5.60 Å². The molecule has 0 unspecified atom stereocenters. The first-order valence-corrected chi connectivity index (χ1v) is 4.79. The van der Waals surface area contributed by atoms with Crippen molar-refractivity contribution >= 4 is 0 Å². The second-order valence-corrected chi connectivity index (χ2v) is 3.60. The summed E-state index contributed by atoms with van der Waals surface area (Å²) in [5.41, 5.74) is 0.0637. The van der Waals surface area contributed by atoms with Crippen molar-refractivity contribution in [2.45, 2.75) is 45.6 Å². The number of allylic oxidation sites excluding steroid dienone is 1. The molecule has 0 amide bonds. The van der Waals surface area contributed by atoms with E-state index in [2.05, 4.69) is 27.4 Å². The Morgan fingerprint density at radius 3 is 2.33 bits per heavy atom. The van der Waals surface area contributed by atoms with Crippen molar-refractivity contribution in [2.24, 2.45) is 5.92 Å². The van der Waals surface area contributed by atoms with E-state index in [4.69, 9.17) is 4.74 Å². The Balaban J connectivity index is 4.24. The summed E-state index contributed by atoms with van der Waals surface area (Å²) in [6, 6.07) is 0. The van der Waals surface area contributed by atoms with Gasteiger partial charge in [-0.3, -0.25) is 0 Å². The molecule has 0 aliphatic rings. The van der Waals surface area contributed by atoms with Gasteiger partial charge in [-0.05, 0) is 25.2 Å². The zero-order valence-corrected chi connectivity index (χ0v) is 8.89. The zero-order chi connectivity index (χ0) is 9.61. The third kappa shape index (κ3) is 2.63. The SMILES string of the molecule is C=CCC[C@](CC)(OC)C(C)C. The fourth-order valence-corrected chi connectivity index (χ4v) is 1.70. The number of rotatable bonds is 6. The maximum atomic E-state index is 5.60. The van der Waals surface area contributed by atoms with E-state index >= 15 is 0 Å². The predicted octanol–water partition coefficient (Wildman–Crippen LogP) is 3.40. The van der Waals surface area contributed by atoms with Gasteiger partial charge in [-0.15, -0.1) is 6.58 Å². The standard InChI is InChI=1S/C11H22O/c1-6-8-9-11(7-2,12-5)10(3)4/h6,10H,1,7-9H2,2-5H3/t11-/m0/s1. The Hall–Kier alpha value is -0.300. The molecular weight excluding hydrogens is 148 g/mol. The smallest absolute Gasteiger partial charge is 0.0701 e. The summed E-state index contributed by atoms with van der Waals surface area (Å²) in [6.45, 7) is 10.4. The van der Waals surface area contributed by atoms with Gasteiger partial charge in [-0.2, -0.15) is 0 Å². The highest BCUT2D eigenvalue weighted by atomic mass is 16.5. The number of hydrogen-bond acceptors (Lipinski definition) is 1. The van der Waals surface area contributed by atoms with Crippen LogP contribution in [0.4, 0.5) is 0 Å². The molecule has 0 saturated heterocycles. The number of methoxy groups -OCH3 is 1. The summed E-state index contributed by atoms with van der Waals surface area (Å²) < 4.78 is 5.60. The van der Waals surface area contributed by atoms with Gasteiger partial charge >= 0.3 is 0 Å². The molecule has 0 aromatic carbocycles. The summed E-state index contributed by atoms with van der Waals surface area (Å²) >= 11 is 0. The van der Waals surface area contributed by atoms with Gasteiger partial charge in [0, 0.05) is 7.11 Å². The first-order valence-electron chi connectivity index (χ1n) is 4.79. The predicted molar refractivity (Wildman–Crippen MR) is 54.3 cm³/mol. The molecule has 0 heterocycles. The van der Waals surface area contributed by atoms with Crippen LogP contribution in [0.1, 0.15) is 40.0 Å². The van der Waals surface area contributed by atoms with Gasteiger partial charge in [-0.1, -0.05) is 26.8 Å². The molecule has 0 fully saturated rings. The highest BCUT2D eigenvalue weighted by Gasteiger charge is 2.30. The van der Waals surface area contributed by atoms with Crippen LogP contribution in [0.25, 0.3) is 0 Å². The van der Waals surface area contributed by atoms with Gasteiger partial charge in [0.25, 0.3) is 0 Å². The third-order valence-corrected chi connectivity index (χ3v) is 2.83.